The van der Waals surface area contributed by atoms with Gasteiger partial charge in [0, 0.05) is 11.7 Å². The minimum absolute atomic E-state index is 0.185. The Labute approximate surface area is 83.6 Å². The number of halogens is 1. The molecule has 0 saturated heterocycles. The second kappa shape index (κ2) is 4.27. The third-order valence-corrected chi connectivity index (χ3v) is 2.43. The molecule has 14 heavy (non-hydrogen) atoms. The van der Waals surface area contributed by atoms with Crippen LogP contribution in [0.4, 0.5) is 10.1 Å². The van der Waals surface area contributed by atoms with Crippen LogP contribution in [0.1, 0.15) is 19.3 Å². The number of rotatable bonds is 2. The maximum atomic E-state index is 12.9. The van der Waals surface area contributed by atoms with Crippen molar-refractivity contribution in [3.63, 3.8) is 0 Å². The molecule has 1 aromatic rings. The van der Waals surface area contributed by atoms with Crippen molar-refractivity contribution in [3.05, 3.63) is 42.2 Å². The van der Waals surface area contributed by atoms with Crippen molar-refractivity contribution >= 4 is 5.69 Å². The first kappa shape index (κ1) is 9.25. The van der Waals surface area contributed by atoms with Crippen LogP contribution in [0.3, 0.4) is 0 Å². The maximum Gasteiger partial charge on any atom is 0.125 e. The fraction of sp³-hybridized carbons (Fsp3) is 0.333. The van der Waals surface area contributed by atoms with Gasteiger partial charge in [-0.1, -0.05) is 18.2 Å². The topological polar surface area (TPSA) is 12.0 Å². The lowest BCUT2D eigenvalue weighted by molar-refractivity contribution is 0.627. The van der Waals surface area contributed by atoms with Gasteiger partial charge in [0.1, 0.15) is 5.82 Å². The van der Waals surface area contributed by atoms with Gasteiger partial charge in [-0.3, -0.25) is 0 Å². The minimum Gasteiger partial charge on any atom is -0.379 e. The van der Waals surface area contributed by atoms with Gasteiger partial charge in [0.15, 0.2) is 0 Å². The molecule has 2 rings (SSSR count). The predicted octanol–water partition coefficient (Wildman–Crippen LogP) is 3.35. The van der Waals surface area contributed by atoms with E-state index in [9.17, 15) is 4.39 Å². The summed E-state index contributed by atoms with van der Waals surface area (Å²) in [7, 11) is 0. The number of benzene rings is 1. The van der Waals surface area contributed by atoms with Crippen molar-refractivity contribution in [2.45, 2.75) is 25.3 Å². The van der Waals surface area contributed by atoms with E-state index in [1.165, 1.54) is 25.0 Å². The first-order chi connectivity index (χ1) is 6.84. The zero-order valence-corrected chi connectivity index (χ0v) is 8.04. The summed E-state index contributed by atoms with van der Waals surface area (Å²) in [6.07, 6.45) is 7.85. The summed E-state index contributed by atoms with van der Waals surface area (Å²) in [5.41, 5.74) is 0.863. The Balaban J connectivity index is 2.02. The quantitative estimate of drug-likeness (QED) is 0.707. The Bertz CT molecular complexity index is 333. The normalized spacial score (nSPS) is 20.8. The predicted molar refractivity (Wildman–Crippen MR) is 56.8 cm³/mol. The van der Waals surface area contributed by atoms with E-state index in [2.05, 4.69) is 17.5 Å². The van der Waals surface area contributed by atoms with Crippen LogP contribution >= 0.6 is 0 Å². The number of hydrogen-bond donors (Lipinski definition) is 1. The number of hydrogen-bond acceptors (Lipinski definition) is 1. The fourth-order valence-electron chi connectivity index (χ4n) is 1.72. The van der Waals surface area contributed by atoms with Crippen LogP contribution in [-0.4, -0.2) is 6.04 Å². The highest BCUT2D eigenvalue weighted by molar-refractivity contribution is 5.45. The molecule has 1 aliphatic carbocycles. The molecule has 1 N–H and O–H groups in total. The molecule has 0 heterocycles. The van der Waals surface area contributed by atoms with Crippen LogP contribution in [0, 0.1) is 5.82 Å². The van der Waals surface area contributed by atoms with Crippen LogP contribution in [0.25, 0.3) is 0 Å². The molecule has 0 bridgehead atoms. The summed E-state index contributed by atoms with van der Waals surface area (Å²) < 4.78 is 12.9. The first-order valence-electron chi connectivity index (χ1n) is 5.03. The van der Waals surface area contributed by atoms with Gasteiger partial charge in [0.25, 0.3) is 0 Å². The summed E-state index contributed by atoms with van der Waals surface area (Å²) in [6, 6.07) is 6.98. The molecule has 0 spiro atoms. The number of anilines is 1. The fourth-order valence-corrected chi connectivity index (χ4v) is 1.72. The largest absolute Gasteiger partial charge is 0.379 e. The molecule has 1 aromatic carbocycles. The number of allylic oxidation sites excluding steroid dienone is 1. The zero-order chi connectivity index (χ0) is 9.80. The van der Waals surface area contributed by atoms with Gasteiger partial charge >= 0.3 is 0 Å². The molecular formula is C12H14FN. The molecule has 0 aromatic heterocycles. The second-order valence-corrected chi connectivity index (χ2v) is 3.62. The van der Waals surface area contributed by atoms with E-state index in [1.54, 1.807) is 6.07 Å². The average molecular weight is 191 g/mol. The van der Waals surface area contributed by atoms with E-state index < -0.39 is 0 Å². The molecule has 1 unspecified atom stereocenters. The van der Waals surface area contributed by atoms with Gasteiger partial charge in [-0.15, -0.1) is 0 Å². The highest BCUT2D eigenvalue weighted by Crippen LogP contribution is 2.16. The Morgan fingerprint density at radius 1 is 1.36 bits per heavy atom. The summed E-state index contributed by atoms with van der Waals surface area (Å²) in [5.74, 6) is -0.185. The highest BCUT2D eigenvalue weighted by atomic mass is 19.1. The zero-order valence-electron chi connectivity index (χ0n) is 8.04. The Kier molecular flexibility index (Phi) is 2.82. The van der Waals surface area contributed by atoms with E-state index in [-0.39, 0.29) is 5.82 Å². The van der Waals surface area contributed by atoms with Gasteiger partial charge < -0.3 is 5.32 Å². The molecule has 2 heteroatoms. The second-order valence-electron chi connectivity index (χ2n) is 3.62. The molecule has 74 valence electrons. The highest BCUT2D eigenvalue weighted by Gasteiger charge is 2.07. The monoisotopic (exact) mass is 191 g/mol. The van der Waals surface area contributed by atoms with Crippen LogP contribution < -0.4 is 5.32 Å². The third-order valence-electron chi connectivity index (χ3n) is 2.43. The summed E-state index contributed by atoms with van der Waals surface area (Å²) in [6.45, 7) is 0. The SMILES string of the molecule is Fc1cccc(NC2C=CCCC2)c1. The van der Waals surface area contributed by atoms with E-state index in [4.69, 9.17) is 0 Å². The van der Waals surface area contributed by atoms with Crippen LogP contribution in [0.5, 0.6) is 0 Å². The lowest BCUT2D eigenvalue weighted by atomic mass is 10.0. The van der Waals surface area contributed by atoms with Crippen molar-refractivity contribution < 1.29 is 4.39 Å². The van der Waals surface area contributed by atoms with Crippen molar-refractivity contribution in [2.75, 3.05) is 5.32 Å². The molecule has 0 amide bonds. The molecule has 1 aliphatic rings. The van der Waals surface area contributed by atoms with E-state index >= 15 is 0 Å². The van der Waals surface area contributed by atoms with Crippen LogP contribution in [0.15, 0.2) is 36.4 Å². The van der Waals surface area contributed by atoms with Crippen LogP contribution in [-0.2, 0) is 0 Å². The van der Waals surface area contributed by atoms with E-state index in [0.717, 1.165) is 12.1 Å². The minimum atomic E-state index is -0.185. The Morgan fingerprint density at radius 2 is 2.29 bits per heavy atom. The summed E-state index contributed by atoms with van der Waals surface area (Å²) in [4.78, 5) is 0. The van der Waals surface area contributed by atoms with Crippen molar-refractivity contribution in [1.82, 2.24) is 0 Å². The molecular weight excluding hydrogens is 177 g/mol. The Morgan fingerprint density at radius 3 is 3.00 bits per heavy atom. The number of nitrogens with one attached hydrogen (secondary N) is 1. The molecule has 0 aliphatic heterocycles. The van der Waals surface area contributed by atoms with Gasteiger partial charge in [-0.25, -0.2) is 4.39 Å². The van der Waals surface area contributed by atoms with E-state index in [0.29, 0.717) is 6.04 Å². The van der Waals surface area contributed by atoms with Crippen molar-refractivity contribution in [2.24, 2.45) is 0 Å². The average Bonchev–Trinajstić information content (AvgIpc) is 2.19. The first-order valence-corrected chi connectivity index (χ1v) is 5.03. The van der Waals surface area contributed by atoms with Gasteiger partial charge in [0.05, 0.1) is 0 Å². The third kappa shape index (κ3) is 2.34. The Hall–Kier alpha value is -1.31. The summed E-state index contributed by atoms with van der Waals surface area (Å²) in [5, 5.41) is 3.29. The molecule has 1 nitrogen and oxygen atoms in total. The smallest absolute Gasteiger partial charge is 0.125 e. The van der Waals surface area contributed by atoms with Gasteiger partial charge in [0.2, 0.25) is 0 Å². The summed E-state index contributed by atoms with van der Waals surface area (Å²) >= 11 is 0. The van der Waals surface area contributed by atoms with Gasteiger partial charge in [-0.2, -0.15) is 0 Å². The van der Waals surface area contributed by atoms with Crippen molar-refractivity contribution in [1.29, 1.82) is 0 Å². The molecule has 0 radical (unpaired) electrons. The van der Waals surface area contributed by atoms with Gasteiger partial charge in [-0.05, 0) is 37.5 Å². The lowest BCUT2D eigenvalue weighted by Crippen LogP contribution is -2.18. The maximum absolute atomic E-state index is 12.9. The molecule has 0 saturated carbocycles. The lowest BCUT2D eigenvalue weighted by Gasteiger charge is -2.19. The van der Waals surface area contributed by atoms with E-state index in [1.807, 2.05) is 6.07 Å². The standard InChI is InChI=1S/C12H14FN/c13-10-5-4-8-12(9-10)14-11-6-2-1-3-7-11/h2,4-6,8-9,11,14H,1,3,7H2. The molecule has 1 atom stereocenters. The van der Waals surface area contributed by atoms with Crippen molar-refractivity contribution in [3.8, 4) is 0 Å². The molecule has 0 fully saturated rings. The van der Waals surface area contributed by atoms with Crippen LogP contribution in [0.2, 0.25) is 0 Å².